The first-order valence-corrected chi connectivity index (χ1v) is 10.9. The monoisotopic (exact) mass is 460 g/mol. The minimum Gasteiger partial charge on any atom is -0.310 e. The third kappa shape index (κ3) is 4.30. The van der Waals surface area contributed by atoms with E-state index in [1.807, 2.05) is 0 Å². The van der Waals surface area contributed by atoms with Crippen LogP contribution in [0.15, 0.2) is 46.2 Å². The molecule has 1 atom stereocenters. The van der Waals surface area contributed by atoms with Gasteiger partial charge < -0.3 is 10.2 Å². The van der Waals surface area contributed by atoms with Crippen LogP contribution in [0.3, 0.4) is 0 Å². The Morgan fingerprint density at radius 1 is 1.00 bits per heavy atom. The van der Waals surface area contributed by atoms with Crippen molar-refractivity contribution in [3.8, 4) is 0 Å². The van der Waals surface area contributed by atoms with Gasteiger partial charge in [0.2, 0.25) is 0 Å². The van der Waals surface area contributed by atoms with Gasteiger partial charge in [-0.2, -0.15) is 13.2 Å². The van der Waals surface area contributed by atoms with Crippen molar-refractivity contribution < 1.29 is 13.2 Å². The molecule has 3 aromatic heterocycles. The molecule has 11 heteroatoms. The smallest absolute Gasteiger partial charge is 0.310 e. The van der Waals surface area contributed by atoms with Crippen LogP contribution in [0.2, 0.25) is 0 Å². The molecule has 0 amide bonds. The highest BCUT2D eigenvalue weighted by Crippen LogP contribution is 2.27. The minimum atomic E-state index is -4.43. The average molecular weight is 460 g/mol. The van der Waals surface area contributed by atoms with Gasteiger partial charge in [0.25, 0.3) is 11.1 Å². The van der Waals surface area contributed by atoms with Crippen LogP contribution in [-0.2, 0) is 19.3 Å². The number of likely N-dealkylation sites (tertiary alicyclic amines) is 1. The largest absolute Gasteiger partial charge is 0.433 e. The van der Waals surface area contributed by atoms with Crippen LogP contribution in [-0.4, -0.2) is 49.7 Å². The third-order valence-electron chi connectivity index (χ3n) is 6.44. The summed E-state index contributed by atoms with van der Waals surface area (Å²) in [6.07, 6.45) is -0.0946. The molecule has 5 heterocycles. The lowest BCUT2D eigenvalue weighted by Crippen LogP contribution is -2.44. The fourth-order valence-electron chi connectivity index (χ4n) is 4.74. The Kier molecular flexibility index (Phi) is 5.53. The van der Waals surface area contributed by atoms with E-state index in [4.69, 9.17) is 0 Å². The van der Waals surface area contributed by atoms with Crippen LogP contribution in [0.5, 0.6) is 0 Å². The van der Waals surface area contributed by atoms with Gasteiger partial charge >= 0.3 is 6.18 Å². The highest BCUT2D eigenvalue weighted by molar-refractivity contribution is 5.71. The molecule has 0 radical (unpaired) electrons. The molecule has 1 saturated heterocycles. The van der Waals surface area contributed by atoms with Crippen LogP contribution < -0.4 is 16.4 Å². The number of hydrogen-bond donors (Lipinski definition) is 1. The maximum absolute atomic E-state index is 12.6. The zero-order chi connectivity index (χ0) is 23.2. The Hall–Kier alpha value is -3.05. The molecule has 0 bridgehead atoms. The molecule has 0 aliphatic carbocycles. The molecule has 0 saturated carbocycles. The third-order valence-corrected chi connectivity index (χ3v) is 6.44. The van der Waals surface area contributed by atoms with E-state index in [0.29, 0.717) is 36.4 Å². The lowest BCUT2D eigenvalue weighted by atomic mass is 10.0. The molecule has 2 aliphatic rings. The van der Waals surface area contributed by atoms with Gasteiger partial charge in [0.1, 0.15) is 16.9 Å². The van der Waals surface area contributed by atoms with Gasteiger partial charge in [-0.05, 0) is 43.6 Å². The van der Waals surface area contributed by atoms with E-state index in [-0.39, 0.29) is 23.2 Å². The van der Waals surface area contributed by atoms with Gasteiger partial charge in [-0.3, -0.25) is 23.7 Å². The molecule has 8 nitrogen and oxygen atoms in total. The number of nitrogens with one attached hydrogen (secondary N) is 1. The van der Waals surface area contributed by atoms with Crippen LogP contribution >= 0.6 is 0 Å². The number of halogens is 3. The van der Waals surface area contributed by atoms with Crippen molar-refractivity contribution in [2.24, 2.45) is 0 Å². The average Bonchev–Trinajstić information content (AvgIpc) is 3.18. The second-order valence-electron chi connectivity index (χ2n) is 8.62. The summed E-state index contributed by atoms with van der Waals surface area (Å²) in [5, 5.41) is 3.40. The first-order chi connectivity index (χ1) is 15.8. The van der Waals surface area contributed by atoms with E-state index < -0.39 is 11.9 Å². The van der Waals surface area contributed by atoms with Gasteiger partial charge in [0.15, 0.2) is 0 Å². The van der Waals surface area contributed by atoms with E-state index in [9.17, 15) is 22.8 Å². The summed E-state index contributed by atoms with van der Waals surface area (Å²) in [5.74, 6) is 0. The number of pyridine rings is 2. The molecule has 5 rings (SSSR count). The lowest BCUT2D eigenvalue weighted by molar-refractivity contribution is -0.141. The van der Waals surface area contributed by atoms with Crippen molar-refractivity contribution in [1.82, 2.24) is 29.3 Å². The van der Waals surface area contributed by atoms with Crippen LogP contribution in [0.1, 0.15) is 30.1 Å². The first-order valence-electron chi connectivity index (χ1n) is 10.9. The SMILES string of the molecule is O=c1ccc2ncc(=O)n3c2n1CC3CN1CCC(NCc2ccc(C(F)(F)F)nc2)CC1. The zero-order valence-electron chi connectivity index (χ0n) is 17.8. The van der Waals surface area contributed by atoms with Crippen molar-refractivity contribution in [3.05, 3.63) is 68.6 Å². The molecule has 0 spiro atoms. The summed E-state index contributed by atoms with van der Waals surface area (Å²) in [6.45, 7) is 3.23. The molecule has 2 aliphatic heterocycles. The number of rotatable bonds is 5. The molecule has 33 heavy (non-hydrogen) atoms. The highest BCUT2D eigenvalue weighted by Gasteiger charge is 2.32. The Morgan fingerprint density at radius 2 is 1.79 bits per heavy atom. The van der Waals surface area contributed by atoms with Gasteiger partial charge in [0, 0.05) is 37.9 Å². The summed E-state index contributed by atoms with van der Waals surface area (Å²) in [4.78, 5) is 34.7. The highest BCUT2D eigenvalue weighted by atomic mass is 19.4. The quantitative estimate of drug-likeness (QED) is 0.625. The molecule has 174 valence electrons. The van der Waals surface area contributed by atoms with E-state index in [1.54, 1.807) is 15.2 Å². The Balaban J connectivity index is 1.17. The second kappa shape index (κ2) is 8.38. The maximum atomic E-state index is 12.6. The standard InChI is InChI=1S/C22H23F3N6O2/c23-22(24,25)18-3-1-14(10-28-18)9-26-15-5-7-29(8-6-15)12-16-13-30-19(32)4-2-17-21(30)31(16)20(33)11-27-17/h1-4,10-11,15-16,26H,5-9,12-13H2. The van der Waals surface area contributed by atoms with Crippen molar-refractivity contribution in [2.75, 3.05) is 19.6 Å². The molecule has 3 aromatic rings. The number of piperidine rings is 1. The zero-order valence-corrected chi connectivity index (χ0v) is 17.8. The summed E-state index contributed by atoms with van der Waals surface area (Å²) >= 11 is 0. The Bertz CT molecular complexity index is 1270. The second-order valence-corrected chi connectivity index (χ2v) is 8.62. The predicted molar refractivity (Wildman–Crippen MR) is 115 cm³/mol. The molecule has 0 aromatic carbocycles. The van der Waals surface area contributed by atoms with E-state index in [2.05, 4.69) is 20.2 Å². The molecule has 1 fully saturated rings. The first kappa shape index (κ1) is 21.8. The van der Waals surface area contributed by atoms with Crippen LogP contribution in [0, 0.1) is 0 Å². The number of nitrogens with zero attached hydrogens (tertiary/aromatic N) is 5. The summed E-state index contributed by atoms with van der Waals surface area (Å²) in [6, 6.07) is 5.71. The summed E-state index contributed by atoms with van der Waals surface area (Å²) in [5.41, 5.74) is 0.707. The van der Waals surface area contributed by atoms with Gasteiger partial charge in [-0.1, -0.05) is 6.07 Å². The van der Waals surface area contributed by atoms with Gasteiger partial charge in [0.05, 0.1) is 12.2 Å². The number of aromatic nitrogens is 4. The fraction of sp³-hybridized carbons (Fsp3) is 0.455. The van der Waals surface area contributed by atoms with E-state index in [0.717, 1.165) is 32.0 Å². The topological polar surface area (TPSA) is 85.0 Å². The van der Waals surface area contributed by atoms with Crippen LogP contribution in [0.4, 0.5) is 13.2 Å². The van der Waals surface area contributed by atoms with Crippen molar-refractivity contribution in [1.29, 1.82) is 0 Å². The normalized spacial score (nSPS) is 19.4. The van der Waals surface area contributed by atoms with Crippen molar-refractivity contribution in [3.63, 3.8) is 0 Å². The minimum absolute atomic E-state index is 0.124. The molecule has 1 unspecified atom stereocenters. The molecule has 1 N–H and O–H groups in total. The van der Waals surface area contributed by atoms with Gasteiger partial charge in [-0.25, -0.2) is 4.98 Å². The van der Waals surface area contributed by atoms with Crippen LogP contribution in [0.25, 0.3) is 11.2 Å². The predicted octanol–water partition coefficient (Wildman–Crippen LogP) is 1.78. The lowest BCUT2D eigenvalue weighted by Gasteiger charge is -2.34. The fourth-order valence-corrected chi connectivity index (χ4v) is 4.74. The Labute approximate surface area is 186 Å². The van der Waals surface area contributed by atoms with Crippen molar-refractivity contribution >= 4 is 11.2 Å². The number of alkyl halides is 3. The van der Waals surface area contributed by atoms with E-state index in [1.165, 1.54) is 24.5 Å². The number of hydrogen-bond acceptors (Lipinski definition) is 6. The summed E-state index contributed by atoms with van der Waals surface area (Å²) in [7, 11) is 0. The van der Waals surface area contributed by atoms with Gasteiger partial charge in [-0.15, -0.1) is 0 Å². The maximum Gasteiger partial charge on any atom is 0.433 e. The molecular formula is C22H23F3N6O2. The van der Waals surface area contributed by atoms with E-state index >= 15 is 0 Å². The Morgan fingerprint density at radius 3 is 2.48 bits per heavy atom. The summed E-state index contributed by atoms with van der Waals surface area (Å²) < 4.78 is 41.2. The molecular weight excluding hydrogens is 437 g/mol. The van der Waals surface area contributed by atoms with Crippen molar-refractivity contribution in [2.45, 2.75) is 44.2 Å².